The maximum absolute atomic E-state index is 12.7. The van der Waals surface area contributed by atoms with Crippen LogP contribution in [-0.2, 0) is 9.84 Å². The van der Waals surface area contributed by atoms with Gasteiger partial charge in [-0.1, -0.05) is 42.5 Å². The van der Waals surface area contributed by atoms with E-state index in [9.17, 15) is 8.42 Å². The Hall–Kier alpha value is -2.93. The third-order valence-electron chi connectivity index (χ3n) is 4.19. The molecule has 0 aliphatic rings. The first kappa shape index (κ1) is 18.8. The van der Waals surface area contributed by atoms with E-state index in [-0.39, 0.29) is 4.90 Å². The Labute approximate surface area is 159 Å². The number of aromatic nitrogens is 2. The number of rotatable bonds is 6. The van der Waals surface area contributed by atoms with Gasteiger partial charge in [-0.15, -0.1) is 0 Å². The van der Waals surface area contributed by atoms with Gasteiger partial charge in [-0.2, -0.15) is 10.2 Å². The molecule has 0 amide bonds. The fourth-order valence-electron chi connectivity index (χ4n) is 2.59. The Morgan fingerprint density at radius 1 is 1.04 bits per heavy atom. The van der Waals surface area contributed by atoms with E-state index >= 15 is 0 Å². The van der Waals surface area contributed by atoms with E-state index in [4.69, 9.17) is 0 Å². The number of sulfone groups is 1. The molecule has 2 aromatic carbocycles. The van der Waals surface area contributed by atoms with E-state index in [1.807, 2.05) is 37.3 Å². The average Bonchev–Trinajstić information content (AvgIpc) is 3.15. The minimum absolute atomic E-state index is 0.246. The third-order valence-corrected chi connectivity index (χ3v) is 6.39. The Kier molecular flexibility index (Phi) is 5.41. The molecule has 0 saturated carbocycles. The fraction of sp³-hybridized carbons (Fsp3) is 0.200. The molecule has 1 N–H and O–H groups in total. The van der Waals surface area contributed by atoms with Gasteiger partial charge in [0, 0.05) is 6.07 Å². The predicted octanol–water partition coefficient (Wildman–Crippen LogP) is 3.89. The SMILES string of the molecule is CC(=NNc1ccnn1-c1ccccc1S(=O)(=O)C(C)C)c1ccccc1. The highest BCUT2D eigenvalue weighted by Gasteiger charge is 2.24. The molecule has 27 heavy (non-hydrogen) atoms. The van der Waals surface area contributed by atoms with Crippen LogP contribution in [0, 0.1) is 0 Å². The molecule has 1 heterocycles. The van der Waals surface area contributed by atoms with Gasteiger partial charge < -0.3 is 0 Å². The van der Waals surface area contributed by atoms with Gasteiger partial charge in [-0.05, 0) is 38.5 Å². The monoisotopic (exact) mass is 382 g/mol. The fourth-order valence-corrected chi connectivity index (χ4v) is 3.81. The second kappa shape index (κ2) is 7.75. The van der Waals surface area contributed by atoms with Crippen molar-refractivity contribution in [2.45, 2.75) is 30.9 Å². The Morgan fingerprint density at radius 3 is 2.41 bits per heavy atom. The lowest BCUT2D eigenvalue weighted by Crippen LogP contribution is -2.17. The number of hydrogen-bond donors (Lipinski definition) is 1. The van der Waals surface area contributed by atoms with E-state index in [1.54, 1.807) is 55.1 Å². The van der Waals surface area contributed by atoms with E-state index in [1.165, 1.54) is 0 Å². The summed E-state index contributed by atoms with van der Waals surface area (Å²) in [4.78, 5) is 0.246. The van der Waals surface area contributed by atoms with Gasteiger partial charge in [-0.25, -0.2) is 13.1 Å². The zero-order valence-corrected chi connectivity index (χ0v) is 16.3. The topological polar surface area (TPSA) is 76.3 Å². The minimum Gasteiger partial charge on any atom is -0.261 e. The molecule has 0 unspecified atom stereocenters. The largest absolute Gasteiger partial charge is 0.261 e. The average molecular weight is 382 g/mol. The van der Waals surface area contributed by atoms with Crippen molar-refractivity contribution in [1.29, 1.82) is 0 Å². The van der Waals surface area contributed by atoms with Crippen LogP contribution in [0.15, 0.2) is 76.9 Å². The van der Waals surface area contributed by atoms with E-state index in [2.05, 4.69) is 15.6 Å². The van der Waals surface area contributed by atoms with Crippen molar-refractivity contribution in [3.05, 3.63) is 72.4 Å². The lowest BCUT2D eigenvalue weighted by atomic mass is 10.1. The number of hydrogen-bond acceptors (Lipinski definition) is 5. The summed E-state index contributed by atoms with van der Waals surface area (Å²) in [6, 6.07) is 18.4. The van der Waals surface area contributed by atoms with Crippen LogP contribution >= 0.6 is 0 Å². The summed E-state index contributed by atoms with van der Waals surface area (Å²) >= 11 is 0. The predicted molar refractivity (Wildman–Crippen MR) is 108 cm³/mol. The number of anilines is 1. The summed E-state index contributed by atoms with van der Waals surface area (Å²) in [6.07, 6.45) is 1.61. The molecule has 0 aliphatic heterocycles. The Bertz CT molecular complexity index is 1050. The quantitative estimate of drug-likeness (QED) is 0.518. The van der Waals surface area contributed by atoms with Gasteiger partial charge in [0.25, 0.3) is 0 Å². The van der Waals surface area contributed by atoms with Crippen molar-refractivity contribution >= 4 is 21.4 Å². The third kappa shape index (κ3) is 3.93. The van der Waals surface area contributed by atoms with Crippen molar-refractivity contribution in [3.63, 3.8) is 0 Å². The zero-order valence-electron chi connectivity index (χ0n) is 15.5. The smallest absolute Gasteiger partial charge is 0.182 e. The van der Waals surface area contributed by atoms with Crippen LogP contribution in [0.5, 0.6) is 0 Å². The lowest BCUT2D eigenvalue weighted by molar-refractivity contribution is 0.586. The van der Waals surface area contributed by atoms with Gasteiger partial charge in [0.15, 0.2) is 9.84 Å². The van der Waals surface area contributed by atoms with Crippen LogP contribution in [0.4, 0.5) is 5.82 Å². The molecule has 3 rings (SSSR count). The highest BCUT2D eigenvalue weighted by atomic mass is 32.2. The first-order valence-corrected chi connectivity index (χ1v) is 10.2. The van der Waals surface area contributed by atoms with Crippen molar-refractivity contribution < 1.29 is 8.42 Å². The summed E-state index contributed by atoms with van der Waals surface area (Å²) in [5, 5.41) is 8.17. The van der Waals surface area contributed by atoms with Crippen LogP contribution < -0.4 is 5.43 Å². The van der Waals surface area contributed by atoms with E-state index < -0.39 is 15.1 Å². The molecule has 3 aromatic rings. The molecule has 0 saturated heterocycles. The van der Waals surface area contributed by atoms with Crippen molar-refractivity contribution in [2.75, 3.05) is 5.43 Å². The molecule has 0 radical (unpaired) electrons. The summed E-state index contributed by atoms with van der Waals surface area (Å²) < 4.78 is 27.0. The van der Waals surface area contributed by atoms with Crippen LogP contribution in [-0.4, -0.2) is 29.2 Å². The molecule has 0 bridgehead atoms. The summed E-state index contributed by atoms with van der Waals surface area (Å²) in [7, 11) is -3.45. The van der Waals surface area contributed by atoms with Gasteiger partial charge in [-0.3, -0.25) is 5.43 Å². The standard InChI is InChI=1S/C20H22N4O2S/c1-15(2)27(25,26)19-12-8-7-11-18(19)24-20(13-14-21-24)23-22-16(3)17-9-5-4-6-10-17/h4-15,23H,1-3H3. The van der Waals surface area contributed by atoms with Gasteiger partial charge in [0.05, 0.1) is 27.7 Å². The van der Waals surface area contributed by atoms with Crippen LogP contribution in [0.3, 0.4) is 0 Å². The van der Waals surface area contributed by atoms with E-state index in [0.717, 1.165) is 11.3 Å². The number of nitrogens with one attached hydrogen (secondary N) is 1. The first-order chi connectivity index (χ1) is 12.9. The number of nitrogens with zero attached hydrogens (tertiary/aromatic N) is 3. The Balaban J connectivity index is 1.98. The first-order valence-electron chi connectivity index (χ1n) is 8.64. The second-order valence-electron chi connectivity index (χ2n) is 6.36. The van der Waals surface area contributed by atoms with Crippen LogP contribution in [0.2, 0.25) is 0 Å². The second-order valence-corrected chi connectivity index (χ2v) is 8.84. The van der Waals surface area contributed by atoms with Crippen molar-refractivity contribution in [3.8, 4) is 5.69 Å². The molecule has 140 valence electrons. The number of hydrazone groups is 1. The molecule has 0 atom stereocenters. The van der Waals surface area contributed by atoms with Crippen LogP contribution in [0.1, 0.15) is 26.3 Å². The Morgan fingerprint density at radius 2 is 1.70 bits per heavy atom. The van der Waals surface area contributed by atoms with Gasteiger partial charge >= 0.3 is 0 Å². The van der Waals surface area contributed by atoms with Crippen molar-refractivity contribution in [1.82, 2.24) is 9.78 Å². The molecule has 7 heteroatoms. The summed E-state index contributed by atoms with van der Waals surface area (Å²) in [6.45, 7) is 5.24. The highest BCUT2D eigenvalue weighted by molar-refractivity contribution is 7.92. The number of benzene rings is 2. The van der Waals surface area contributed by atoms with E-state index in [0.29, 0.717) is 11.5 Å². The maximum atomic E-state index is 12.7. The maximum Gasteiger partial charge on any atom is 0.182 e. The molecular formula is C20H22N4O2S. The molecule has 0 aliphatic carbocycles. The molecule has 1 aromatic heterocycles. The minimum atomic E-state index is -3.45. The summed E-state index contributed by atoms with van der Waals surface area (Å²) in [5.41, 5.74) is 5.29. The van der Waals surface area contributed by atoms with Crippen LogP contribution in [0.25, 0.3) is 5.69 Å². The lowest BCUT2D eigenvalue weighted by Gasteiger charge is -2.14. The van der Waals surface area contributed by atoms with Crippen molar-refractivity contribution in [2.24, 2.45) is 5.10 Å². The highest BCUT2D eigenvalue weighted by Crippen LogP contribution is 2.26. The molecule has 0 fully saturated rings. The normalized spacial score (nSPS) is 12.4. The summed E-state index contributed by atoms with van der Waals surface area (Å²) in [5.74, 6) is 0.580. The molecular weight excluding hydrogens is 360 g/mol. The molecule has 0 spiro atoms. The molecule has 6 nitrogen and oxygen atoms in total. The number of para-hydroxylation sites is 1. The zero-order chi connectivity index (χ0) is 19.4. The van der Waals surface area contributed by atoms with Gasteiger partial charge in [0.2, 0.25) is 0 Å². The van der Waals surface area contributed by atoms with Gasteiger partial charge in [0.1, 0.15) is 5.82 Å².